The van der Waals surface area contributed by atoms with Gasteiger partial charge in [-0.15, -0.1) is 0 Å². The van der Waals surface area contributed by atoms with Crippen molar-refractivity contribution in [3.05, 3.63) is 52.3 Å². The van der Waals surface area contributed by atoms with Crippen LogP contribution in [0.15, 0.2) is 24.3 Å². The van der Waals surface area contributed by atoms with Gasteiger partial charge in [0.25, 0.3) is 5.91 Å². The fraction of sp³-hybridized carbons (Fsp3) is 0.474. The van der Waals surface area contributed by atoms with Crippen molar-refractivity contribution in [3.63, 3.8) is 0 Å². The molecule has 0 aliphatic heterocycles. The highest BCUT2D eigenvalue weighted by Crippen LogP contribution is 2.25. The standard InChI is InChI=1S/C19H26N4O/c1-4-23-17-10-9-15(11-16(17)18(22-23)19(24)20-3)21-12-14-8-6-5-7-13(14)2/h5-8,15,21H,4,9-12H2,1-3H3,(H,20,24). The van der Waals surface area contributed by atoms with Crippen molar-refractivity contribution in [2.75, 3.05) is 7.05 Å². The maximum atomic E-state index is 12.1. The Morgan fingerprint density at radius 2 is 2.17 bits per heavy atom. The largest absolute Gasteiger partial charge is 0.354 e. The van der Waals surface area contributed by atoms with E-state index in [-0.39, 0.29) is 5.91 Å². The van der Waals surface area contributed by atoms with Crippen LogP contribution in [0.5, 0.6) is 0 Å². The van der Waals surface area contributed by atoms with Crippen LogP contribution < -0.4 is 10.6 Å². The van der Waals surface area contributed by atoms with Gasteiger partial charge in [-0.05, 0) is 44.2 Å². The molecule has 1 aliphatic rings. The zero-order valence-corrected chi connectivity index (χ0v) is 14.7. The molecule has 128 valence electrons. The number of hydrogen-bond acceptors (Lipinski definition) is 3. The third kappa shape index (κ3) is 3.22. The molecule has 3 rings (SSSR count). The van der Waals surface area contributed by atoms with Crippen LogP contribution in [0.1, 0.15) is 46.2 Å². The van der Waals surface area contributed by atoms with Crippen molar-refractivity contribution in [1.82, 2.24) is 20.4 Å². The smallest absolute Gasteiger partial charge is 0.271 e. The predicted octanol–water partition coefficient (Wildman–Crippen LogP) is 2.22. The minimum absolute atomic E-state index is 0.0852. The molecule has 24 heavy (non-hydrogen) atoms. The van der Waals surface area contributed by atoms with E-state index in [0.29, 0.717) is 11.7 Å². The van der Waals surface area contributed by atoms with E-state index in [4.69, 9.17) is 0 Å². The maximum Gasteiger partial charge on any atom is 0.271 e. The molecule has 1 aromatic carbocycles. The Morgan fingerprint density at radius 3 is 2.88 bits per heavy atom. The van der Waals surface area contributed by atoms with E-state index in [1.807, 2.05) is 4.68 Å². The van der Waals surface area contributed by atoms with Crippen LogP contribution in [-0.4, -0.2) is 28.8 Å². The van der Waals surface area contributed by atoms with Crippen molar-refractivity contribution in [2.24, 2.45) is 0 Å². The van der Waals surface area contributed by atoms with E-state index in [1.165, 1.54) is 16.8 Å². The summed E-state index contributed by atoms with van der Waals surface area (Å²) in [5.41, 5.74) is 5.58. The molecular weight excluding hydrogens is 300 g/mol. The summed E-state index contributed by atoms with van der Waals surface area (Å²) in [4.78, 5) is 12.1. The molecule has 5 nitrogen and oxygen atoms in total. The fourth-order valence-corrected chi connectivity index (χ4v) is 3.49. The first-order chi connectivity index (χ1) is 11.6. The van der Waals surface area contributed by atoms with Crippen LogP contribution in [0.3, 0.4) is 0 Å². The van der Waals surface area contributed by atoms with Gasteiger partial charge < -0.3 is 10.6 Å². The Balaban J connectivity index is 1.75. The summed E-state index contributed by atoms with van der Waals surface area (Å²) in [7, 11) is 1.66. The van der Waals surface area contributed by atoms with Crippen LogP contribution in [0.25, 0.3) is 0 Å². The van der Waals surface area contributed by atoms with E-state index >= 15 is 0 Å². The number of benzene rings is 1. The van der Waals surface area contributed by atoms with Crippen LogP contribution in [0, 0.1) is 6.92 Å². The van der Waals surface area contributed by atoms with Gasteiger partial charge in [0.05, 0.1) is 0 Å². The first-order valence-corrected chi connectivity index (χ1v) is 8.72. The molecule has 2 aromatic rings. The van der Waals surface area contributed by atoms with Gasteiger partial charge in [-0.2, -0.15) is 5.10 Å². The molecule has 1 aromatic heterocycles. The summed E-state index contributed by atoms with van der Waals surface area (Å²) in [5, 5.41) is 10.9. The SMILES string of the molecule is CCn1nc(C(=O)NC)c2c1CCC(NCc1ccccc1C)C2. The molecule has 0 saturated heterocycles. The van der Waals surface area contributed by atoms with Crippen molar-refractivity contribution in [3.8, 4) is 0 Å². The number of rotatable bonds is 5. The summed E-state index contributed by atoms with van der Waals surface area (Å²) >= 11 is 0. The average Bonchev–Trinajstić information content (AvgIpc) is 2.98. The lowest BCUT2D eigenvalue weighted by Crippen LogP contribution is -2.35. The number of amides is 1. The highest BCUT2D eigenvalue weighted by Gasteiger charge is 2.28. The van der Waals surface area contributed by atoms with Gasteiger partial charge in [-0.25, -0.2) is 0 Å². The van der Waals surface area contributed by atoms with Gasteiger partial charge in [0.15, 0.2) is 5.69 Å². The Hall–Kier alpha value is -2.14. The average molecular weight is 326 g/mol. The Bertz CT molecular complexity index is 735. The van der Waals surface area contributed by atoms with Gasteiger partial charge in [0, 0.05) is 37.4 Å². The monoisotopic (exact) mass is 326 g/mol. The molecule has 2 N–H and O–H groups in total. The molecule has 1 aliphatic carbocycles. The Kier molecular flexibility index (Phi) is 5.00. The highest BCUT2D eigenvalue weighted by atomic mass is 16.1. The lowest BCUT2D eigenvalue weighted by molar-refractivity contribution is 0.0956. The second kappa shape index (κ2) is 7.18. The Morgan fingerprint density at radius 1 is 1.38 bits per heavy atom. The normalized spacial score (nSPS) is 16.7. The molecule has 1 amide bonds. The van der Waals surface area contributed by atoms with Crippen molar-refractivity contribution >= 4 is 5.91 Å². The number of carbonyl (C=O) groups is 1. The molecule has 0 saturated carbocycles. The number of aromatic nitrogens is 2. The first-order valence-electron chi connectivity index (χ1n) is 8.72. The van der Waals surface area contributed by atoms with E-state index in [2.05, 4.69) is 53.8 Å². The molecule has 0 bridgehead atoms. The van der Waals surface area contributed by atoms with E-state index in [9.17, 15) is 4.79 Å². The summed E-state index contributed by atoms with van der Waals surface area (Å²) in [6.45, 7) is 5.89. The van der Waals surface area contributed by atoms with Crippen molar-refractivity contribution < 1.29 is 4.79 Å². The number of aryl methyl sites for hydroxylation is 2. The topological polar surface area (TPSA) is 59.0 Å². The van der Waals surface area contributed by atoms with Gasteiger partial charge in [-0.3, -0.25) is 9.48 Å². The van der Waals surface area contributed by atoms with Gasteiger partial charge in [0.2, 0.25) is 0 Å². The minimum atomic E-state index is -0.0852. The van der Waals surface area contributed by atoms with Crippen molar-refractivity contribution in [1.29, 1.82) is 0 Å². The first kappa shape index (κ1) is 16.7. The number of nitrogens with zero attached hydrogens (tertiary/aromatic N) is 2. The molecule has 1 unspecified atom stereocenters. The second-order valence-corrected chi connectivity index (χ2v) is 6.42. The van der Waals surface area contributed by atoms with E-state index in [1.54, 1.807) is 7.05 Å². The zero-order valence-electron chi connectivity index (χ0n) is 14.7. The third-order valence-corrected chi connectivity index (χ3v) is 4.93. The van der Waals surface area contributed by atoms with Gasteiger partial charge in [0.1, 0.15) is 0 Å². The number of fused-ring (bicyclic) bond motifs is 1. The number of nitrogens with one attached hydrogen (secondary N) is 2. The quantitative estimate of drug-likeness (QED) is 0.886. The lowest BCUT2D eigenvalue weighted by atomic mass is 9.91. The molecule has 5 heteroatoms. The summed E-state index contributed by atoms with van der Waals surface area (Å²) in [5.74, 6) is -0.0852. The van der Waals surface area contributed by atoms with Gasteiger partial charge >= 0.3 is 0 Å². The molecule has 0 fully saturated rings. The minimum Gasteiger partial charge on any atom is -0.354 e. The van der Waals surface area contributed by atoms with Crippen LogP contribution in [0.4, 0.5) is 0 Å². The van der Waals surface area contributed by atoms with E-state index < -0.39 is 0 Å². The zero-order chi connectivity index (χ0) is 17.1. The number of carbonyl (C=O) groups excluding carboxylic acids is 1. The Labute approximate surface area is 143 Å². The fourth-order valence-electron chi connectivity index (χ4n) is 3.49. The maximum absolute atomic E-state index is 12.1. The van der Waals surface area contributed by atoms with Crippen LogP contribution >= 0.6 is 0 Å². The van der Waals surface area contributed by atoms with Crippen molar-refractivity contribution in [2.45, 2.75) is 52.2 Å². The molecular formula is C19H26N4O. The van der Waals surface area contributed by atoms with Crippen LogP contribution in [-0.2, 0) is 25.9 Å². The second-order valence-electron chi connectivity index (χ2n) is 6.42. The van der Waals surface area contributed by atoms with E-state index in [0.717, 1.165) is 37.9 Å². The molecule has 1 heterocycles. The van der Waals surface area contributed by atoms with Gasteiger partial charge in [-0.1, -0.05) is 24.3 Å². The van der Waals surface area contributed by atoms with Crippen LogP contribution in [0.2, 0.25) is 0 Å². The lowest BCUT2D eigenvalue weighted by Gasteiger charge is -2.25. The summed E-state index contributed by atoms with van der Waals surface area (Å²) in [6.07, 6.45) is 2.92. The highest BCUT2D eigenvalue weighted by molar-refractivity contribution is 5.93. The molecule has 0 spiro atoms. The third-order valence-electron chi connectivity index (χ3n) is 4.93. The molecule has 0 radical (unpaired) electrons. The summed E-state index contributed by atoms with van der Waals surface area (Å²) < 4.78 is 1.98. The molecule has 1 atom stereocenters. The summed E-state index contributed by atoms with van der Waals surface area (Å²) in [6, 6.07) is 8.85. The predicted molar refractivity (Wildman–Crippen MR) is 95.1 cm³/mol. The number of hydrogen-bond donors (Lipinski definition) is 2.